The third-order valence-corrected chi connectivity index (χ3v) is 2.41. The average Bonchev–Trinajstić information content (AvgIpc) is 2.65. The lowest BCUT2D eigenvalue weighted by molar-refractivity contribution is 0.808. The first-order valence-electron chi connectivity index (χ1n) is 5.49. The summed E-state index contributed by atoms with van der Waals surface area (Å²) in [7, 11) is 0. The van der Waals surface area contributed by atoms with Gasteiger partial charge in [-0.05, 0) is 13.3 Å². The van der Waals surface area contributed by atoms with E-state index in [1.54, 1.807) is 0 Å². The second-order valence-electron chi connectivity index (χ2n) is 3.55. The molecule has 2 heteroatoms. The van der Waals surface area contributed by atoms with Crippen LogP contribution in [-0.2, 0) is 6.42 Å². The van der Waals surface area contributed by atoms with Crippen molar-refractivity contribution in [3.8, 4) is 0 Å². The summed E-state index contributed by atoms with van der Waals surface area (Å²) in [6, 6.07) is 0. The molecule has 0 saturated carbocycles. The van der Waals surface area contributed by atoms with Crippen LogP contribution in [0.4, 0.5) is 0 Å². The molecule has 1 aromatic heterocycles. The van der Waals surface area contributed by atoms with Crippen molar-refractivity contribution in [2.45, 2.75) is 46.5 Å². The van der Waals surface area contributed by atoms with Crippen molar-refractivity contribution in [3.05, 3.63) is 24.3 Å². The molecule has 0 bridgehead atoms. The Morgan fingerprint density at radius 1 is 1.50 bits per heavy atom. The average molecular weight is 192 g/mol. The molecule has 0 aromatic carbocycles. The molecule has 78 valence electrons. The fraction of sp³-hybridized carbons (Fsp3) is 0.583. The zero-order valence-electron chi connectivity index (χ0n) is 9.45. The summed E-state index contributed by atoms with van der Waals surface area (Å²) in [6.45, 7) is 6.51. The van der Waals surface area contributed by atoms with Crippen LogP contribution in [0.15, 0.2) is 18.5 Å². The summed E-state index contributed by atoms with van der Waals surface area (Å²) in [5, 5.41) is 0. The highest BCUT2D eigenvalue weighted by atomic mass is 15.1. The van der Waals surface area contributed by atoms with E-state index >= 15 is 0 Å². The second kappa shape index (κ2) is 5.63. The van der Waals surface area contributed by atoms with Crippen LogP contribution in [0.3, 0.4) is 0 Å². The third-order valence-electron chi connectivity index (χ3n) is 2.41. The van der Waals surface area contributed by atoms with Gasteiger partial charge < -0.3 is 4.57 Å². The highest BCUT2D eigenvalue weighted by Gasteiger charge is 2.00. The predicted octanol–water partition coefficient (Wildman–Crippen LogP) is 3.50. The minimum absolute atomic E-state index is 0.992. The molecule has 0 unspecified atom stereocenters. The lowest BCUT2D eigenvalue weighted by Gasteiger charge is -2.06. The summed E-state index contributed by atoms with van der Waals surface area (Å²) < 4.78 is 2.18. The molecule has 0 N–H and O–H groups in total. The Labute approximate surface area is 86.7 Å². The van der Waals surface area contributed by atoms with Crippen molar-refractivity contribution in [3.63, 3.8) is 0 Å². The van der Waals surface area contributed by atoms with E-state index in [-0.39, 0.29) is 0 Å². The van der Waals surface area contributed by atoms with Gasteiger partial charge in [0.2, 0.25) is 0 Å². The molecule has 0 aliphatic heterocycles. The number of allylic oxidation sites excluding steroid dienone is 2. The summed E-state index contributed by atoms with van der Waals surface area (Å²) in [5.41, 5.74) is 1.30. The minimum Gasteiger partial charge on any atom is -0.308 e. The van der Waals surface area contributed by atoms with E-state index in [1.807, 2.05) is 12.4 Å². The van der Waals surface area contributed by atoms with E-state index in [4.69, 9.17) is 0 Å². The van der Waals surface area contributed by atoms with Gasteiger partial charge in [-0.2, -0.15) is 0 Å². The van der Waals surface area contributed by atoms with Crippen LogP contribution in [0.25, 0.3) is 5.70 Å². The zero-order chi connectivity index (χ0) is 10.4. The lowest BCUT2D eigenvalue weighted by atomic mass is 10.2. The molecule has 0 atom stereocenters. The van der Waals surface area contributed by atoms with Crippen LogP contribution in [0.1, 0.15) is 45.9 Å². The van der Waals surface area contributed by atoms with Gasteiger partial charge in [-0.1, -0.05) is 32.8 Å². The Morgan fingerprint density at radius 3 is 2.93 bits per heavy atom. The van der Waals surface area contributed by atoms with Gasteiger partial charge in [0.05, 0.1) is 0 Å². The molecule has 0 fully saturated rings. The molecular weight excluding hydrogens is 172 g/mol. The van der Waals surface area contributed by atoms with Crippen LogP contribution in [0, 0.1) is 0 Å². The van der Waals surface area contributed by atoms with E-state index in [2.05, 4.69) is 36.4 Å². The molecule has 0 saturated heterocycles. The maximum atomic E-state index is 4.31. The van der Waals surface area contributed by atoms with Gasteiger partial charge in [-0.15, -0.1) is 0 Å². The second-order valence-corrected chi connectivity index (χ2v) is 3.55. The molecule has 2 nitrogen and oxygen atoms in total. The summed E-state index contributed by atoms with van der Waals surface area (Å²) >= 11 is 0. The Morgan fingerprint density at radius 2 is 2.29 bits per heavy atom. The fourth-order valence-corrected chi connectivity index (χ4v) is 1.53. The van der Waals surface area contributed by atoms with Crippen molar-refractivity contribution < 1.29 is 0 Å². The summed E-state index contributed by atoms with van der Waals surface area (Å²) in [4.78, 5) is 4.31. The van der Waals surface area contributed by atoms with Crippen LogP contribution in [0.5, 0.6) is 0 Å². The molecule has 1 heterocycles. The van der Waals surface area contributed by atoms with E-state index in [1.165, 1.54) is 25.0 Å². The maximum absolute atomic E-state index is 4.31. The van der Waals surface area contributed by atoms with Gasteiger partial charge in [0.25, 0.3) is 0 Å². The molecule has 1 aromatic rings. The van der Waals surface area contributed by atoms with E-state index in [0.29, 0.717) is 0 Å². The summed E-state index contributed by atoms with van der Waals surface area (Å²) in [5.74, 6) is 1.15. The van der Waals surface area contributed by atoms with Crippen LogP contribution in [-0.4, -0.2) is 9.55 Å². The van der Waals surface area contributed by atoms with Gasteiger partial charge in [0.1, 0.15) is 5.82 Å². The van der Waals surface area contributed by atoms with Crippen molar-refractivity contribution in [2.75, 3.05) is 0 Å². The first-order chi connectivity index (χ1) is 6.79. The molecular formula is C12H20N2. The standard InChI is InChI=1S/C12H20N2/c1-4-6-7-8-11(3)14-10-9-13-12(14)5-2/h8-10H,4-7H2,1-3H3/b11-8-. The summed E-state index contributed by atoms with van der Waals surface area (Å²) in [6.07, 6.45) is 10.9. The SMILES string of the molecule is CCCC/C=C(/C)n1ccnc1CC. The van der Waals surface area contributed by atoms with Crippen molar-refractivity contribution >= 4 is 5.70 Å². The predicted molar refractivity (Wildman–Crippen MR) is 61.1 cm³/mol. The number of aryl methyl sites for hydroxylation is 1. The monoisotopic (exact) mass is 192 g/mol. The Bertz CT molecular complexity index is 297. The largest absolute Gasteiger partial charge is 0.308 e. The Balaban J connectivity index is 2.67. The topological polar surface area (TPSA) is 17.8 Å². The number of hydrogen-bond acceptors (Lipinski definition) is 1. The van der Waals surface area contributed by atoms with Crippen molar-refractivity contribution in [1.29, 1.82) is 0 Å². The zero-order valence-corrected chi connectivity index (χ0v) is 9.45. The van der Waals surface area contributed by atoms with Crippen molar-refractivity contribution in [1.82, 2.24) is 9.55 Å². The normalized spacial score (nSPS) is 12.1. The van der Waals surface area contributed by atoms with Gasteiger partial charge in [-0.25, -0.2) is 4.98 Å². The van der Waals surface area contributed by atoms with Gasteiger partial charge in [0, 0.05) is 24.5 Å². The number of imidazole rings is 1. The molecule has 1 rings (SSSR count). The van der Waals surface area contributed by atoms with E-state index in [0.717, 1.165) is 12.2 Å². The molecule has 0 spiro atoms. The molecule has 0 radical (unpaired) electrons. The van der Waals surface area contributed by atoms with Crippen molar-refractivity contribution in [2.24, 2.45) is 0 Å². The highest BCUT2D eigenvalue weighted by Crippen LogP contribution is 2.10. The number of nitrogens with zero attached hydrogens (tertiary/aromatic N) is 2. The molecule has 0 amide bonds. The van der Waals surface area contributed by atoms with Crippen LogP contribution >= 0.6 is 0 Å². The smallest absolute Gasteiger partial charge is 0.112 e. The van der Waals surface area contributed by atoms with E-state index in [9.17, 15) is 0 Å². The van der Waals surface area contributed by atoms with E-state index < -0.39 is 0 Å². The maximum Gasteiger partial charge on any atom is 0.112 e. The number of aromatic nitrogens is 2. The van der Waals surface area contributed by atoms with Gasteiger partial charge >= 0.3 is 0 Å². The van der Waals surface area contributed by atoms with Crippen LogP contribution < -0.4 is 0 Å². The van der Waals surface area contributed by atoms with Gasteiger partial charge in [-0.3, -0.25) is 0 Å². The first kappa shape index (κ1) is 11.0. The molecule has 0 aliphatic carbocycles. The quantitative estimate of drug-likeness (QED) is 0.653. The Kier molecular flexibility index (Phi) is 4.44. The third kappa shape index (κ3) is 2.72. The number of rotatable bonds is 5. The fourth-order valence-electron chi connectivity index (χ4n) is 1.53. The molecule has 14 heavy (non-hydrogen) atoms. The van der Waals surface area contributed by atoms with Crippen LogP contribution in [0.2, 0.25) is 0 Å². The first-order valence-corrected chi connectivity index (χ1v) is 5.49. The highest BCUT2D eigenvalue weighted by molar-refractivity contribution is 5.43. The lowest BCUT2D eigenvalue weighted by Crippen LogP contribution is -1.98. The Hall–Kier alpha value is -1.05. The van der Waals surface area contributed by atoms with Gasteiger partial charge in [0.15, 0.2) is 0 Å². The molecule has 0 aliphatic rings. The number of hydrogen-bond donors (Lipinski definition) is 0. The number of unbranched alkanes of at least 4 members (excludes halogenated alkanes) is 2. The minimum atomic E-state index is 0.992.